The Balaban J connectivity index is 1.76. The van der Waals surface area contributed by atoms with Gasteiger partial charge in [0.25, 0.3) is 0 Å². The lowest BCUT2D eigenvalue weighted by Crippen LogP contribution is -2.63. The molecule has 0 spiro atoms. The molecule has 0 unspecified atom stereocenters. The molecule has 1 saturated heterocycles. The fraction of sp³-hybridized carbons (Fsp3) is 0.438. The molecule has 0 saturated carbocycles. The van der Waals surface area contributed by atoms with E-state index < -0.39 is 61.2 Å². The maximum Gasteiger partial charge on any atom is 0.303 e. The van der Waals surface area contributed by atoms with Crippen LogP contribution in [0.5, 0.6) is 17.2 Å². The predicted molar refractivity (Wildman–Crippen MR) is 173 cm³/mol. The lowest BCUT2D eigenvalue weighted by atomic mass is 9.98. The molecular formula is C32H39N3O12S. The molecule has 2 N–H and O–H groups in total. The first-order chi connectivity index (χ1) is 22.9. The van der Waals surface area contributed by atoms with Crippen molar-refractivity contribution >= 4 is 47.4 Å². The molecule has 0 amide bonds. The number of carbonyl (C=O) groups excluding carboxylic acids is 4. The largest absolute Gasteiger partial charge is 0.494 e. The molecule has 1 aliphatic heterocycles. The molecule has 1 aliphatic rings. The lowest BCUT2D eigenvalue weighted by Gasteiger charge is -2.44. The predicted octanol–water partition coefficient (Wildman–Crippen LogP) is 2.55. The van der Waals surface area contributed by atoms with E-state index in [0.717, 1.165) is 32.1 Å². The molecule has 5 atom stereocenters. The fourth-order valence-corrected chi connectivity index (χ4v) is 4.65. The first-order valence-corrected chi connectivity index (χ1v) is 15.2. The summed E-state index contributed by atoms with van der Waals surface area (Å²) in [7, 11) is 1.41. The Hall–Kier alpha value is -4.96. The third-order valence-corrected chi connectivity index (χ3v) is 6.68. The van der Waals surface area contributed by atoms with Gasteiger partial charge in [0, 0.05) is 34.2 Å². The van der Waals surface area contributed by atoms with Gasteiger partial charge in [-0.2, -0.15) is 5.10 Å². The summed E-state index contributed by atoms with van der Waals surface area (Å²) in [5.74, 6) is -1.72. The van der Waals surface area contributed by atoms with Crippen LogP contribution in [-0.4, -0.2) is 86.2 Å². The Morgan fingerprint density at radius 3 is 2.12 bits per heavy atom. The van der Waals surface area contributed by atoms with Gasteiger partial charge >= 0.3 is 23.9 Å². The molecule has 2 aromatic carbocycles. The number of hydrogen-bond donors (Lipinski definition) is 2. The molecule has 3 rings (SSSR count). The summed E-state index contributed by atoms with van der Waals surface area (Å²) in [5, 5.41) is 7.53. The van der Waals surface area contributed by atoms with E-state index in [1.807, 2.05) is 31.2 Å². The number of nitrogens with zero attached hydrogens (tertiary/aromatic N) is 1. The molecule has 16 heteroatoms. The zero-order valence-electron chi connectivity index (χ0n) is 27.4. The van der Waals surface area contributed by atoms with Crippen LogP contribution >= 0.6 is 12.2 Å². The van der Waals surface area contributed by atoms with E-state index in [4.69, 9.17) is 50.1 Å². The van der Waals surface area contributed by atoms with Gasteiger partial charge in [0.15, 0.2) is 28.8 Å². The van der Waals surface area contributed by atoms with E-state index >= 15 is 0 Å². The summed E-state index contributed by atoms with van der Waals surface area (Å²) in [6.07, 6.45) is -5.20. The molecule has 0 bridgehead atoms. The van der Waals surface area contributed by atoms with Crippen molar-refractivity contribution in [3.8, 4) is 17.2 Å². The Bertz CT molecular complexity index is 1470. The van der Waals surface area contributed by atoms with E-state index in [-0.39, 0.29) is 11.5 Å². The Morgan fingerprint density at radius 1 is 0.875 bits per heavy atom. The normalized spacial score (nSPS) is 20.2. The van der Waals surface area contributed by atoms with Crippen molar-refractivity contribution in [2.24, 2.45) is 5.10 Å². The summed E-state index contributed by atoms with van der Waals surface area (Å²) in [6.45, 7) is 7.18. The first kappa shape index (κ1) is 37.5. The van der Waals surface area contributed by atoms with E-state index in [1.165, 1.54) is 20.2 Å². The quantitative estimate of drug-likeness (QED) is 0.0971. The Morgan fingerprint density at radius 2 is 1.52 bits per heavy atom. The molecule has 48 heavy (non-hydrogen) atoms. The molecule has 0 radical (unpaired) electrons. The number of hydrazone groups is 1. The van der Waals surface area contributed by atoms with Gasteiger partial charge in [-0.05, 0) is 60.6 Å². The van der Waals surface area contributed by atoms with Crippen LogP contribution in [0.4, 0.5) is 0 Å². The monoisotopic (exact) mass is 689 g/mol. The number of carbonyl (C=O) groups is 4. The van der Waals surface area contributed by atoms with Crippen molar-refractivity contribution in [3.05, 3.63) is 53.6 Å². The lowest BCUT2D eigenvalue weighted by molar-refractivity contribution is -0.288. The molecule has 1 fully saturated rings. The van der Waals surface area contributed by atoms with Crippen LogP contribution in [-0.2, 0) is 49.4 Å². The summed E-state index contributed by atoms with van der Waals surface area (Å²) >= 11 is 5.30. The molecule has 15 nitrogen and oxygen atoms in total. The van der Waals surface area contributed by atoms with Gasteiger partial charge in [0.1, 0.15) is 18.5 Å². The minimum Gasteiger partial charge on any atom is -0.494 e. The molecule has 0 aromatic heterocycles. The van der Waals surface area contributed by atoms with E-state index in [2.05, 4.69) is 15.8 Å². The highest BCUT2D eigenvalue weighted by Gasteiger charge is 2.53. The van der Waals surface area contributed by atoms with Crippen LogP contribution in [0.25, 0.3) is 0 Å². The number of thiocarbonyl (C=S) groups is 1. The van der Waals surface area contributed by atoms with E-state index in [1.54, 1.807) is 18.2 Å². The van der Waals surface area contributed by atoms with Crippen LogP contribution in [0.2, 0.25) is 0 Å². The highest BCUT2D eigenvalue weighted by molar-refractivity contribution is 7.80. The van der Waals surface area contributed by atoms with Gasteiger partial charge in [0.05, 0.1) is 19.9 Å². The SMILES string of the molecule is CCOc1ccc(CNC(=S)N/N=C\c2ccc(O[C@H]3O[C@H](COC(C)=O)[C@H](OC(C)=O)[C@H](OC(C)=O)[C@H]3OC(C)=O)c(OC)c2)cc1. The second kappa shape index (κ2) is 18.4. The second-order valence-corrected chi connectivity index (χ2v) is 10.6. The van der Waals surface area contributed by atoms with Crippen LogP contribution in [0.1, 0.15) is 45.7 Å². The number of benzene rings is 2. The van der Waals surface area contributed by atoms with Crippen LogP contribution in [0.15, 0.2) is 47.6 Å². The summed E-state index contributed by atoms with van der Waals surface area (Å²) in [6, 6.07) is 12.4. The van der Waals surface area contributed by atoms with Gasteiger partial charge < -0.3 is 43.2 Å². The van der Waals surface area contributed by atoms with Gasteiger partial charge in [-0.1, -0.05) is 12.1 Å². The summed E-state index contributed by atoms with van der Waals surface area (Å²) in [4.78, 5) is 47.8. The number of hydrogen-bond acceptors (Lipinski definition) is 14. The summed E-state index contributed by atoms with van der Waals surface area (Å²) in [5.41, 5.74) is 4.35. The average molecular weight is 690 g/mol. The minimum atomic E-state index is -1.43. The topological polar surface area (TPSA) is 179 Å². The Kier molecular flexibility index (Phi) is 14.4. The van der Waals surface area contributed by atoms with Gasteiger partial charge in [-0.15, -0.1) is 0 Å². The fourth-order valence-electron chi connectivity index (χ4n) is 4.53. The maximum atomic E-state index is 12.1. The van der Waals surface area contributed by atoms with Crippen molar-refractivity contribution in [2.75, 3.05) is 20.3 Å². The highest BCUT2D eigenvalue weighted by atomic mass is 32.1. The van der Waals surface area contributed by atoms with E-state index in [9.17, 15) is 19.2 Å². The van der Waals surface area contributed by atoms with Crippen molar-refractivity contribution in [3.63, 3.8) is 0 Å². The van der Waals surface area contributed by atoms with Crippen LogP contribution < -0.4 is 25.0 Å². The third-order valence-electron chi connectivity index (χ3n) is 6.45. The smallest absolute Gasteiger partial charge is 0.303 e. The molecule has 1 heterocycles. The molecule has 260 valence electrons. The zero-order chi connectivity index (χ0) is 35.2. The van der Waals surface area contributed by atoms with E-state index in [0.29, 0.717) is 23.8 Å². The average Bonchev–Trinajstić information content (AvgIpc) is 3.02. The van der Waals surface area contributed by atoms with Crippen molar-refractivity contribution < 1.29 is 57.1 Å². The third kappa shape index (κ3) is 11.7. The Labute approximate surface area is 283 Å². The maximum absolute atomic E-state index is 12.1. The number of nitrogens with one attached hydrogen (secondary N) is 2. The molecule has 0 aliphatic carbocycles. The highest BCUT2D eigenvalue weighted by Crippen LogP contribution is 2.34. The molecule has 2 aromatic rings. The summed E-state index contributed by atoms with van der Waals surface area (Å²) < 4.78 is 44.4. The van der Waals surface area contributed by atoms with Gasteiger partial charge in [-0.3, -0.25) is 24.6 Å². The molecular weight excluding hydrogens is 650 g/mol. The van der Waals surface area contributed by atoms with Gasteiger partial charge in [0.2, 0.25) is 12.4 Å². The zero-order valence-corrected chi connectivity index (χ0v) is 28.2. The number of ether oxygens (including phenoxy) is 8. The number of methoxy groups -OCH3 is 1. The van der Waals surface area contributed by atoms with Gasteiger partial charge in [-0.25, -0.2) is 0 Å². The standard InChI is InChI=1S/C32H39N3O12S/c1-7-41-24-11-8-22(9-12-24)15-33-32(48)35-34-16-23-10-13-25(26(14-23)40-6)46-31-30(45-21(5)39)29(44-20(4)38)28(43-19(3)37)27(47-31)17-42-18(2)36/h8-14,16,27-31H,7,15,17H2,1-6H3,(H2,33,35,48)/b34-16-/t27-,28+,29+,30-,31+/m1/s1. The van der Waals surface area contributed by atoms with Crippen molar-refractivity contribution in [2.45, 2.75) is 71.9 Å². The number of rotatable bonds is 14. The minimum absolute atomic E-state index is 0.149. The van der Waals surface area contributed by atoms with Crippen molar-refractivity contribution in [1.82, 2.24) is 10.7 Å². The number of esters is 4. The second-order valence-electron chi connectivity index (χ2n) is 10.2. The van der Waals surface area contributed by atoms with Crippen molar-refractivity contribution in [1.29, 1.82) is 0 Å². The van der Waals surface area contributed by atoms with Crippen LogP contribution in [0, 0.1) is 0 Å². The first-order valence-electron chi connectivity index (χ1n) is 14.8. The van der Waals surface area contributed by atoms with Crippen LogP contribution in [0.3, 0.4) is 0 Å².